The lowest BCUT2D eigenvalue weighted by Crippen LogP contribution is -2.42. The average molecular weight is 765 g/mol. The van der Waals surface area contributed by atoms with Crippen molar-refractivity contribution in [3.63, 3.8) is 0 Å². The van der Waals surface area contributed by atoms with E-state index in [1.165, 1.54) is 180 Å². The molecule has 314 valence electrons. The predicted molar refractivity (Wildman–Crippen MR) is 223 cm³/mol. The monoisotopic (exact) mass is 765 g/mol. The normalized spacial score (nSPS) is 11.8. The van der Waals surface area contributed by atoms with Crippen LogP contribution in [0.5, 0.6) is 0 Å². The molecule has 0 saturated carbocycles. The number of aliphatic hydroxyl groups is 1. The molecular weight excluding hydrogens is 673 g/mol. The minimum Gasteiger partial charge on any atom is -0.395 e. The number of rotatable bonds is 38. The van der Waals surface area contributed by atoms with Crippen LogP contribution in [0.2, 0.25) is 0 Å². The first-order valence-electron chi connectivity index (χ1n) is 22.1. The molecule has 4 N–H and O–H groups in total. The highest BCUT2D eigenvalue weighted by molar-refractivity contribution is 7.46. The summed E-state index contributed by atoms with van der Waals surface area (Å²) in [7, 11) is 1.50. The maximum atomic E-state index is 12.6. The van der Waals surface area contributed by atoms with Gasteiger partial charge in [-0.1, -0.05) is 194 Å². The van der Waals surface area contributed by atoms with Crippen LogP contribution >= 0.6 is 7.82 Å². The van der Waals surface area contributed by atoms with E-state index in [0.717, 1.165) is 25.9 Å². The van der Waals surface area contributed by atoms with Crippen LogP contribution in [0.25, 0.3) is 0 Å². The molecule has 0 aliphatic carbocycles. The largest absolute Gasteiger partial charge is 0.469 e. The summed E-state index contributed by atoms with van der Waals surface area (Å²) in [6, 6.07) is 0.00898. The molecule has 0 rings (SSSR count). The molecule has 0 fully saturated rings. The molecule has 0 unspecified atom stereocenters. The van der Waals surface area contributed by atoms with E-state index in [9.17, 15) is 14.5 Å². The molecular formula is C42H91N3O6P+. The van der Waals surface area contributed by atoms with E-state index >= 15 is 0 Å². The van der Waals surface area contributed by atoms with Crippen LogP contribution in [0, 0.1) is 0 Å². The minimum absolute atomic E-state index is 0.00898. The number of phosphoric ester groups is 1. The lowest BCUT2D eigenvalue weighted by Gasteiger charge is -2.23. The van der Waals surface area contributed by atoms with Crippen molar-refractivity contribution in [3.05, 3.63) is 0 Å². The number of carbonyl (C=O) groups is 1. The Morgan fingerprint density at radius 1 is 0.558 bits per heavy atom. The zero-order valence-corrected chi connectivity index (χ0v) is 36.3. The number of likely N-dealkylation sites (N-methyl/N-ethyl adjacent to an activating group) is 1. The molecule has 0 aromatic heterocycles. The van der Waals surface area contributed by atoms with E-state index in [1.807, 2.05) is 26.0 Å². The van der Waals surface area contributed by atoms with E-state index in [2.05, 4.69) is 23.7 Å². The number of amides is 2. The van der Waals surface area contributed by atoms with Crippen LogP contribution in [0.3, 0.4) is 0 Å². The maximum Gasteiger partial charge on any atom is 0.469 e. The first-order valence-corrected chi connectivity index (χ1v) is 23.6. The van der Waals surface area contributed by atoms with Gasteiger partial charge in [-0.3, -0.25) is 4.52 Å². The Hall–Kier alpha value is -0.700. The van der Waals surface area contributed by atoms with Gasteiger partial charge in [0.05, 0.1) is 27.7 Å². The summed E-state index contributed by atoms with van der Waals surface area (Å²) in [6.07, 6.45) is 40.7. The van der Waals surface area contributed by atoms with Crippen LogP contribution in [0.4, 0.5) is 4.79 Å². The van der Waals surface area contributed by atoms with Gasteiger partial charge in [0, 0.05) is 19.6 Å². The third-order valence-corrected chi connectivity index (χ3v) is 10.3. The SMILES string of the molecule is CCCCCCCCCCCCCCCCCCN(CCO)C(=O)NCCCCCCCCCCCCCCCC.C[N+](C)(C)CCOP(=O)(O)O. The van der Waals surface area contributed by atoms with Crippen molar-refractivity contribution in [1.29, 1.82) is 0 Å². The van der Waals surface area contributed by atoms with E-state index in [0.29, 0.717) is 17.6 Å². The number of carbonyl (C=O) groups excluding carboxylic acids is 1. The topological polar surface area (TPSA) is 119 Å². The van der Waals surface area contributed by atoms with Gasteiger partial charge < -0.3 is 29.6 Å². The molecule has 9 nitrogen and oxygen atoms in total. The number of hydrogen-bond donors (Lipinski definition) is 4. The quantitative estimate of drug-likeness (QED) is 0.0282. The van der Waals surface area contributed by atoms with Crippen molar-refractivity contribution in [3.8, 4) is 0 Å². The number of unbranched alkanes of at least 4 members (excludes halogenated alkanes) is 28. The molecule has 0 heterocycles. The van der Waals surface area contributed by atoms with Crippen LogP contribution in [0.1, 0.15) is 206 Å². The zero-order valence-electron chi connectivity index (χ0n) is 35.4. The Kier molecular flexibility index (Phi) is 41.1. The fourth-order valence-electron chi connectivity index (χ4n) is 6.35. The molecule has 10 heteroatoms. The summed E-state index contributed by atoms with van der Waals surface area (Å²) in [5.74, 6) is 0. The van der Waals surface area contributed by atoms with E-state index < -0.39 is 7.82 Å². The van der Waals surface area contributed by atoms with Crippen molar-refractivity contribution >= 4 is 13.9 Å². The van der Waals surface area contributed by atoms with Gasteiger partial charge in [-0.15, -0.1) is 0 Å². The fourth-order valence-corrected chi connectivity index (χ4v) is 6.67. The Morgan fingerprint density at radius 2 is 0.885 bits per heavy atom. The highest BCUT2D eigenvalue weighted by atomic mass is 31.2. The van der Waals surface area contributed by atoms with Gasteiger partial charge in [-0.25, -0.2) is 9.36 Å². The number of nitrogens with one attached hydrogen (secondary N) is 1. The third-order valence-electron chi connectivity index (χ3n) is 9.77. The van der Waals surface area contributed by atoms with Gasteiger partial charge in [-0.05, 0) is 12.8 Å². The van der Waals surface area contributed by atoms with E-state index in [4.69, 9.17) is 9.79 Å². The van der Waals surface area contributed by atoms with Crippen molar-refractivity contribution in [2.45, 2.75) is 206 Å². The van der Waals surface area contributed by atoms with Gasteiger partial charge in [-0.2, -0.15) is 0 Å². The van der Waals surface area contributed by atoms with Gasteiger partial charge in [0.15, 0.2) is 0 Å². The second-order valence-electron chi connectivity index (χ2n) is 16.2. The standard InChI is InChI=1S/C37H76N2O2.C5H14NO4P/c1-3-5-7-9-11-13-15-17-19-20-22-24-26-28-30-32-34-39(35-36-40)37(41)38-33-31-29-27-25-23-21-18-16-14-12-10-8-6-4-2;1-6(2,3)4-5-10-11(7,8)9/h40H,3-36H2,1-2H3,(H,38,41);4-5H2,1-3H3,(H-,7,8,9)/p+1. The number of aliphatic hydroxyl groups excluding tert-OH is 1. The lowest BCUT2D eigenvalue weighted by molar-refractivity contribution is -0.870. The fraction of sp³-hybridized carbons (Fsp3) is 0.976. The average Bonchev–Trinajstić information content (AvgIpc) is 3.08. The van der Waals surface area contributed by atoms with Crippen molar-refractivity contribution in [1.82, 2.24) is 10.2 Å². The summed E-state index contributed by atoms with van der Waals surface area (Å²) in [5.41, 5.74) is 0. The lowest BCUT2D eigenvalue weighted by atomic mass is 10.0. The minimum atomic E-state index is -4.26. The summed E-state index contributed by atoms with van der Waals surface area (Å²) in [6.45, 7) is 7.25. The zero-order chi connectivity index (χ0) is 39.0. The molecule has 2 amide bonds. The van der Waals surface area contributed by atoms with Gasteiger partial charge in [0.1, 0.15) is 13.2 Å². The van der Waals surface area contributed by atoms with Crippen molar-refractivity contribution in [2.24, 2.45) is 0 Å². The van der Waals surface area contributed by atoms with Crippen LogP contribution in [-0.2, 0) is 9.09 Å². The number of hydrogen-bond acceptors (Lipinski definition) is 4. The molecule has 0 bridgehead atoms. The molecule has 0 aromatic carbocycles. The molecule has 0 aliphatic rings. The number of nitrogens with zero attached hydrogens (tertiary/aromatic N) is 2. The van der Waals surface area contributed by atoms with Crippen molar-refractivity contribution in [2.75, 3.05) is 60.5 Å². The molecule has 52 heavy (non-hydrogen) atoms. The second-order valence-corrected chi connectivity index (χ2v) is 17.4. The molecule has 0 aliphatic heterocycles. The Balaban J connectivity index is 0. The van der Waals surface area contributed by atoms with Crippen LogP contribution in [0.15, 0.2) is 0 Å². The smallest absolute Gasteiger partial charge is 0.395 e. The van der Waals surface area contributed by atoms with E-state index in [1.54, 1.807) is 0 Å². The number of phosphoric acid groups is 1. The number of urea groups is 1. The summed E-state index contributed by atoms with van der Waals surface area (Å²) in [4.78, 5) is 31.0. The third kappa shape index (κ3) is 47.3. The maximum absolute atomic E-state index is 12.6. The summed E-state index contributed by atoms with van der Waals surface area (Å²) < 4.78 is 15.1. The van der Waals surface area contributed by atoms with Gasteiger partial charge in [0.25, 0.3) is 0 Å². The molecule has 0 radical (unpaired) electrons. The first-order chi connectivity index (χ1) is 25.0. The van der Waals surface area contributed by atoms with Gasteiger partial charge in [0.2, 0.25) is 0 Å². The highest BCUT2D eigenvalue weighted by Gasteiger charge is 2.16. The Morgan fingerprint density at radius 3 is 1.19 bits per heavy atom. The summed E-state index contributed by atoms with van der Waals surface area (Å²) in [5, 5.41) is 12.5. The van der Waals surface area contributed by atoms with Crippen molar-refractivity contribution < 1.29 is 33.3 Å². The van der Waals surface area contributed by atoms with Crippen LogP contribution < -0.4 is 5.32 Å². The van der Waals surface area contributed by atoms with E-state index in [-0.39, 0.29) is 19.2 Å². The Labute approximate surface area is 323 Å². The second kappa shape index (κ2) is 40.0. The molecule has 0 spiro atoms. The highest BCUT2D eigenvalue weighted by Crippen LogP contribution is 2.35. The molecule has 0 aromatic rings. The Bertz CT molecular complexity index is 777. The predicted octanol–water partition coefficient (Wildman–Crippen LogP) is 11.5. The molecule has 0 atom stereocenters. The molecule has 0 saturated heterocycles. The van der Waals surface area contributed by atoms with Crippen LogP contribution in [-0.4, -0.2) is 90.8 Å². The first kappa shape index (κ1) is 53.4. The number of quaternary nitrogens is 1. The van der Waals surface area contributed by atoms with Gasteiger partial charge >= 0.3 is 13.9 Å². The summed E-state index contributed by atoms with van der Waals surface area (Å²) >= 11 is 0.